The second kappa shape index (κ2) is 4.47. The number of hydrogen-bond donors (Lipinski definition) is 0. The normalized spacial score (nSPS) is 32.0. The van der Waals surface area contributed by atoms with Crippen LogP contribution in [0.3, 0.4) is 0 Å². The third-order valence-electron chi connectivity index (χ3n) is 3.01. The van der Waals surface area contributed by atoms with Gasteiger partial charge in [0.1, 0.15) is 5.78 Å². The zero-order valence-corrected chi connectivity index (χ0v) is 8.81. The van der Waals surface area contributed by atoms with Gasteiger partial charge in [-0.05, 0) is 12.8 Å². The zero-order chi connectivity index (χ0) is 9.10. The summed E-state index contributed by atoms with van der Waals surface area (Å²) in [7, 11) is 0. The van der Waals surface area contributed by atoms with Crippen molar-refractivity contribution in [3.8, 4) is 0 Å². The van der Waals surface area contributed by atoms with Gasteiger partial charge >= 0.3 is 0 Å². The highest BCUT2D eigenvalue weighted by Crippen LogP contribution is 2.22. The van der Waals surface area contributed by atoms with E-state index in [1.54, 1.807) is 0 Å². The van der Waals surface area contributed by atoms with E-state index in [4.69, 9.17) is 0 Å². The fourth-order valence-corrected chi connectivity index (χ4v) is 3.17. The van der Waals surface area contributed by atoms with Gasteiger partial charge in [-0.25, -0.2) is 0 Å². The van der Waals surface area contributed by atoms with Gasteiger partial charge in [0.15, 0.2) is 0 Å². The number of hydrogen-bond acceptors (Lipinski definition) is 3. The van der Waals surface area contributed by atoms with Crippen LogP contribution in [0.1, 0.15) is 25.7 Å². The Balaban J connectivity index is 1.92. The van der Waals surface area contributed by atoms with Crippen LogP contribution < -0.4 is 0 Å². The van der Waals surface area contributed by atoms with Crippen LogP contribution in [0.4, 0.5) is 0 Å². The van der Waals surface area contributed by atoms with Gasteiger partial charge in [0.25, 0.3) is 0 Å². The molecule has 0 N–H and O–H groups in total. The average molecular weight is 199 g/mol. The summed E-state index contributed by atoms with van der Waals surface area (Å²) in [6.45, 7) is 2.25. The third kappa shape index (κ3) is 2.26. The van der Waals surface area contributed by atoms with Crippen LogP contribution in [0.2, 0.25) is 0 Å². The van der Waals surface area contributed by atoms with Crippen molar-refractivity contribution in [3.05, 3.63) is 0 Å². The van der Waals surface area contributed by atoms with Crippen LogP contribution in [0.5, 0.6) is 0 Å². The molecule has 1 saturated carbocycles. The Hall–Kier alpha value is -0.0200. The van der Waals surface area contributed by atoms with Crippen molar-refractivity contribution in [3.63, 3.8) is 0 Å². The molecule has 1 aliphatic heterocycles. The molecule has 0 radical (unpaired) electrons. The molecule has 0 aromatic heterocycles. The van der Waals surface area contributed by atoms with E-state index in [-0.39, 0.29) is 6.04 Å². The Morgan fingerprint density at radius 1 is 1.23 bits per heavy atom. The van der Waals surface area contributed by atoms with Gasteiger partial charge in [-0.2, -0.15) is 11.8 Å². The van der Waals surface area contributed by atoms with Crippen molar-refractivity contribution in [1.82, 2.24) is 4.90 Å². The number of rotatable bonds is 1. The molecule has 1 unspecified atom stereocenters. The first-order valence-electron chi connectivity index (χ1n) is 5.22. The number of nitrogens with zero attached hydrogens (tertiary/aromatic N) is 1. The minimum absolute atomic E-state index is 0.287. The van der Waals surface area contributed by atoms with E-state index in [2.05, 4.69) is 4.90 Å². The lowest BCUT2D eigenvalue weighted by molar-refractivity contribution is -0.126. The molecule has 1 aliphatic carbocycles. The molecule has 2 rings (SSSR count). The van der Waals surface area contributed by atoms with Gasteiger partial charge in [0.05, 0.1) is 6.04 Å². The second-order valence-corrected chi connectivity index (χ2v) is 5.10. The largest absolute Gasteiger partial charge is 0.298 e. The molecule has 1 heterocycles. The lowest BCUT2D eigenvalue weighted by atomic mass is 9.93. The summed E-state index contributed by atoms with van der Waals surface area (Å²) in [6.07, 6.45) is 4.32. The van der Waals surface area contributed by atoms with Crippen molar-refractivity contribution >= 4 is 17.5 Å². The van der Waals surface area contributed by atoms with Crippen molar-refractivity contribution in [2.24, 2.45) is 0 Å². The van der Waals surface area contributed by atoms with E-state index >= 15 is 0 Å². The lowest BCUT2D eigenvalue weighted by Crippen LogP contribution is -2.46. The van der Waals surface area contributed by atoms with Crippen LogP contribution >= 0.6 is 11.8 Å². The van der Waals surface area contributed by atoms with Crippen LogP contribution in [-0.4, -0.2) is 41.3 Å². The Labute approximate surface area is 84.1 Å². The van der Waals surface area contributed by atoms with E-state index in [1.807, 2.05) is 11.8 Å². The number of Topliss-reactive ketones (excluding diaryl/α,β-unsaturated/α-hetero) is 1. The summed E-state index contributed by atoms with van der Waals surface area (Å²) in [5.41, 5.74) is 0. The quantitative estimate of drug-likeness (QED) is 0.639. The molecule has 3 heteroatoms. The molecule has 0 aromatic carbocycles. The average Bonchev–Trinajstić information content (AvgIpc) is 2.20. The van der Waals surface area contributed by atoms with Crippen molar-refractivity contribution in [2.45, 2.75) is 31.7 Å². The number of carbonyl (C=O) groups is 1. The molecule has 0 spiro atoms. The van der Waals surface area contributed by atoms with Crippen molar-refractivity contribution in [1.29, 1.82) is 0 Å². The monoisotopic (exact) mass is 199 g/mol. The summed E-state index contributed by atoms with van der Waals surface area (Å²) >= 11 is 2.01. The maximum absolute atomic E-state index is 11.6. The van der Waals surface area contributed by atoms with Crippen LogP contribution in [0.25, 0.3) is 0 Å². The van der Waals surface area contributed by atoms with E-state index < -0.39 is 0 Å². The molecule has 2 fully saturated rings. The number of ketones is 1. The van der Waals surface area contributed by atoms with Gasteiger partial charge in [-0.15, -0.1) is 0 Å². The van der Waals surface area contributed by atoms with Gasteiger partial charge < -0.3 is 0 Å². The zero-order valence-electron chi connectivity index (χ0n) is 8.00. The smallest absolute Gasteiger partial charge is 0.149 e. The third-order valence-corrected chi connectivity index (χ3v) is 3.95. The molecule has 0 aromatic rings. The highest BCUT2D eigenvalue weighted by Gasteiger charge is 2.28. The van der Waals surface area contributed by atoms with Gasteiger partial charge in [-0.1, -0.05) is 6.42 Å². The summed E-state index contributed by atoms with van der Waals surface area (Å²) in [5, 5.41) is 0. The Morgan fingerprint density at radius 3 is 2.69 bits per heavy atom. The van der Waals surface area contributed by atoms with Gasteiger partial charge in [0, 0.05) is 31.0 Å². The highest BCUT2D eigenvalue weighted by atomic mass is 32.2. The number of thioether (sulfide) groups is 1. The molecule has 1 saturated heterocycles. The first kappa shape index (κ1) is 9.53. The Morgan fingerprint density at radius 2 is 2.00 bits per heavy atom. The Bertz CT molecular complexity index is 189. The molecule has 13 heavy (non-hydrogen) atoms. The summed E-state index contributed by atoms with van der Waals surface area (Å²) in [6, 6.07) is 0.287. The van der Waals surface area contributed by atoms with Crippen molar-refractivity contribution in [2.75, 3.05) is 24.6 Å². The molecule has 0 bridgehead atoms. The SMILES string of the molecule is O=C1CCCCC1N1CCSCC1. The van der Waals surface area contributed by atoms with E-state index in [9.17, 15) is 4.79 Å². The van der Waals surface area contributed by atoms with E-state index in [1.165, 1.54) is 17.9 Å². The standard InChI is InChI=1S/C10H17NOS/c12-10-4-2-1-3-9(10)11-5-7-13-8-6-11/h9H,1-8H2. The predicted molar refractivity (Wildman–Crippen MR) is 56.2 cm³/mol. The Kier molecular flexibility index (Phi) is 3.28. The maximum atomic E-state index is 11.6. The minimum atomic E-state index is 0.287. The highest BCUT2D eigenvalue weighted by molar-refractivity contribution is 7.99. The lowest BCUT2D eigenvalue weighted by Gasteiger charge is -2.35. The maximum Gasteiger partial charge on any atom is 0.149 e. The first-order valence-corrected chi connectivity index (χ1v) is 6.38. The van der Waals surface area contributed by atoms with Gasteiger partial charge in [0.2, 0.25) is 0 Å². The molecule has 2 aliphatic rings. The van der Waals surface area contributed by atoms with Crippen molar-refractivity contribution < 1.29 is 4.79 Å². The molecular formula is C10H17NOS. The predicted octanol–water partition coefficient (Wildman–Crippen LogP) is 1.55. The summed E-state index contributed by atoms with van der Waals surface area (Å²) in [5.74, 6) is 2.92. The summed E-state index contributed by atoms with van der Waals surface area (Å²) in [4.78, 5) is 14.0. The molecule has 1 atom stereocenters. The fraction of sp³-hybridized carbons (Fsp3) is 0.900. The van der Waals surface area contributed by atoms with Crippen LogP contribution in [0.15, 0.2) is 0 Å². The fourth-order valence-electron chi connectivity index (χ4n) is 2.24. The second-order valence-electron chi connectivity index (χ2n) is 3.88. The van der Waals surface area contributed by atoms with E-state index in [0.29, 0.717) is 5.78 Å². The molecule has 0 amide bonds. The van der Waals surface area contributed by atoms with Crippen LogP contribution in [-0.2, 0) is 4.79 Å². The van der Waals surface area contributed by atoms with Crippen LogP contribution in [0, 0.1) is 0 Å². The van der Waals surface area contributed by atoms with E-state index in [0.717, 1.165) is 32.4 Å². The molecular weight excluding hydrogens is 182 g/mol. The number of carbonyl (C=O) groups excluding carboxylic acids is 1. The topological polar surface area (TPSA) is 20.3 Å². The van der Waals surface area contributed by atoms with Gasteiger partial charge in [-0.3, -0.25) is 9.69 Å². The first-order chi connectivity index (χ1) is 6.38. The molecule has 74 valence electrons. The minimum Gasteiger partial charge on any atom is -0.298 e. The molecule has 2 nitrogen and oxygen atoms in total. The summed E-state index contributed by atoms with van der Waals surface area (Å²) < 4.78 is 0.